The van der Waals surface area contributed by atoms with Crippen molar-refractivity contribution in [2.75, 3.05) is 45.9 Å². The molecule has 0 aromatic carbocycles. The lowest BCUT2D eigenvalue weighted by molar-refractivity contribution is 0.116. The Morgan fingerprint density at radius 3 is 2.14 bits per heavy atom. The van der Waals surface area contributed by atoms with Gasteiger partial charge in [0.2, 0.25) is 0 Å². The van der Waals surface area contributed by atoms with Crippen molar-refractivity contribution >= 4 is 0 Å². The van der Waals surface area contributed by atoms with Crippen molar-refractivity contribution in [3.63, 3.8) is 0 Å². The van der Waals surface area contributed by atoms with E-state index in [4.69, 9.17) is 0 Å². The van der Waals surface area contributed by atoms with Crippen LogP contribution in [0.25, 0.3) is 0 Å². The number of nitrogens with zero attached hydrogens (tertiary/aromatic N) is 2. The summed E-state index contributed by atoms with van der Waals surface area (Å²) in [6, 6.07) is 0. The van der Waals surface area contributed by atoms with E-state index in [-0.39, 0.29) is 0 Å². The molecule has 0 atom stereocenters. The number of rotatable bonds is 5. The zero-order valence-electron chi connectivity index (χ0n) is 9.92. The summed E-state index contributed by atoms with van der Waals surface area (Å²) in [6.07, 6.45) is 0. The summed E-state index contributed by atoms with van der Waals surface area (Å²) >= 11 is 0. The lowest BCUT2D eigenvalue weighted by Crippen LogP contribution is -2.49. The second kappa shape index (κ2) is 6.38. The fourth-order valence-electron chi connectivity index (χ4n) is 1.92. The molecular weight excluding hydrogens is 174 g/mol. The first-order chi connectivity index (χ1) is 6.72. The molecule has 0 spiro atoms. The maximum atomic E-state index is 3.38. The maximum absolute atomic E-state index is 3.38. The second-order valence-corrected chi connectivity index (χ2v) is 4.57. The lowest BCUT2D eigenvalue weighted by atomic mass is 10.2. The average Bonchev–Trinajstić information content (AvgIpc) is 2.16. The van der Waals surface area contributed by atoms with Crippen molar-refractivity contribution in [1.82, 2.24) is 15.1 Å². The van der Waals surface area contributed by atoms with Gasteiger partial charge in [0, 0.05) is 39.4 Å². The lowest BCUT2D eigenvalue weighted by Gasteiger charge is -2.35. The van der Waals surface area contributed by atoms with E-state index in [9.17, 15) is 0 Å². The molecule has 0 saturated carbocycles. The van der Waals surface area contributed by atoms with E-state index in [1.807, 2.05) is 0 Å². The number of hydrogen-bond acceptors (Lipinski definition) is 3. The Labute approximate surface area is 88.5 Å². The van der Waals surface area contributed by atoms with Crippen LogP contribution in [0.1, 0.15) is 20.8 Å². The molecule has 1 aliphatic rings. The van der Waals surface area contributed by atoms with Crippen molar-refractivity contribution in [1.29, 1.82) is 0 Å². The molecule has 1 fully saturated rings. The quantitative estimate of drug-likeness (QED) is 0.707. The molecule has 0 unspecified atom stereocenters. The highest BCUT2D eigenvalue weighted by Gasteiger charge is 2.16. The van der Waals surface area contributed by atoms with E-state index in [0.717, 1.165) is 19.1 Å². The van der Waals surface area contributed by atoms with Gasteiger partial charge in [-0.15, -0.1) is 0 Å². The smallest absolute Gasteiger partial charge is 0.0481 e. The Morgan fingerprint density at radius 1 is 1.07 bits per heavy atom. The zero-order valence-corrected chi connectivity index (χ0v) is 9.92. The average molecular weight is 199 g/mol. The number of hydrogen-bond donors (Lipinski definition) is 1. The van der Waals surface area contributed by atoms with Crippen LogP contribution in [0, 0.1) is 5.92 Å². The largest absolute Gasteiger partial charge is 0.305 e. The molecule has 0 radical (unpaired) electrons. The van der Waals surface area contributed by atoms with Crippen LogP contribution in [0.5, 0.6) is 0 Å². The van der Waals surface area contributed by atoms with Gasteiger partial charge in [0.05, 0.1) is 0 Å². The summed E-state index contributed by atoms with van der Waals surface area (Å²) in [7, 11) is 0. The molecule has 0 aromatic heterocycles. The van der Waals surface area contributed by atoms with Crippen molar-refractivity contribution in [2.24, 2.45) is 5.92 Å². The van der Waals surface area contributed by atoms with Crippen LogP contribution in [0.15, 0.2) is 0 Å². The first-order valence-electron chi connectivity index (χ1n) is 5.87. The van der Waals surface area contributed by atoms with Crippen molar-refractivity contribution in [2.45, 2.75) is 20.8 Å². The summed E-state index contributed by atoms with van der Waals surface area (Å²) in [5.74, 6) is 0.801. The number of piperazine rings is 1. The standard InChI is InChI=1S/C11H25N3/c1-4-12-10-14-7-5-13(6-8-14)9-11(2)3/h11-12H,4-10H2,1-3H3. The van der Waals surface area contributed by atoms with Gasteiger partial charge in [-0.1, -0.05) is 20.8 Å². The highest BCUT2D eigenvalue weighted by atomic mass is 15.3. The summed E-state index contributed by atoms with van der Waals surface area (Å²) in [5.41, 5.74) is 0. The van der Waals surface area contributed by atoms with Gasteiger partial charge in [-0.25, -0.2) is 0 Å². The molecule has 14 heavy (non-hydrogen) atoms. The highest BCUT2D eigenvalue weighted by molar-refractivity contribution is 4.71. The van der Waals surface area contributed by atoms with E-state index in [1.54, 1.807) is 0 Å². The third-order valence-electron chi connectivity index (χ3n) is 2.67. The van der Waals surface area contributed by atoms with Gasteiger partial charge < -0.3 is 10.2 Å². The van der Waals surface area contributed by atoms with Gasteiger partial charge in [-0.3, -0.25) is 4.90 Å². The molecule has 1 rings (SSSR count). The molecule has 1 saturated heterocycles. The molecule has 0 amide bonds. The fraction of sp³-hybridized carbons (Fsp3) is 1.00. The van der Waals surface area contributed by atoms with Crippen LogP contribution in [0.2, 0.25) is 0 Å². The molecule has 0 aliphatic carbocycles. The number of nitrogens with one attached hydrogen (secondary N) is 1. The maximum Gasteiger partial charge on any atom is 0.0481 e. The minimum Gasteiger partial charge on any atom is -0.305 e. The Bertz CT molecular complexity index is 139. The minimum absolute atomic E-state index is 0.801. The molecule has 3 nitrogen and oxygen atoms in total. The Kier molecular flexibility index (Phi) is 5.45. The monoisotopic (exact) mass is 199 g/mol. The van der Waals surface area contributed by atoms with Crippen LogP contribution in [0.3, 0.4) is 0 Å². The Morgan fingerprint density at radius 2 is 1.64 bits per heavy atom. The van der Waals surface area contributed by atoms with Gasteiger partial charge in [-0.05, 0) is 12.5 Å². The SMILES string of the molecule is CCNCN1CCN(CC(C)C)CC1. The topological polar surface area (TPSA) is 18.5 Å². The fourth-order valence-corrected chi connectivity index (χ4v) is 1.92. The first-order valence-corrected chi connectivity index (χ1v) is 5.87. The predicted octanol–water partition coefficient (Wildman–Crippen LogP) is 0.827. The van der Waals surface area contributed by atoms with E-state index < -0.39 is 0 Å². The molecule has 0 bridgehead atoms. The molecule has 1 aliphatic heterocycles. The molecule has 1 N–H and O–H groups in total. The molecular formula is C11H25N3. The van der Waals surface area contributed by atoms with Crippen LogP contribution in [-0.4, -0.2) is 55.7 Å². The highest BCUT2D eigenvalue weighted by Crippen LogP contribution is 2.04. The zero-order chi connectivity index (χ0) is 10.4. The third-order valence-corrected chi connectivity index (χ3v) is 2.67. The Balaban J connectivity index is 2.11. The van der Waals surface area contributed by atoms with Crippen LogP contribution < -0.4 is 5.32 Å². The van der Waals surface area contributed by atoms with E-state index in [1.165, 1.54) is 32.7 Å². The van der Waals surface area contributed by atoms with Crippen molar-refractivity contribution < 1.29 is 0 Å². The predicted molar refractivity (Wildman–Crippen MR) is 61.4 cm³/mol. The third kappa shape index (κ3) is 4.40. The minimum atomic E-state index is 0.801. The van der Waals surface area contributed by atoms with Gasteiger partial charge in [0.1, 0.15) is 0 Å². The van der Waals surface area contributed by atoms with E-state index in [2.05, 4.69) is 35.9 Å². The van der Waals surface area contributed by atoms with Crippen molar-refractivity contribution in [3.8, 4) is 0 Å². The van der Waals surface area contributed by atoms with Gasteiger partial charge >= 0.3 is 0 Å². The summed E-state index contributed by atoms with van der Waals surface area (Å²) in [6.45, 7) is 15.1. The second-order valence-electron chi connectivity index (χ2n) is 4.57. The van der Waals surface area contributed by atoms with Gasteiger partial charge in [0.15, 0.2) is 0 Å². The van der Waals surface area contributed by atoms with Crippen LogP contribution in [0.4, 0.5) is 0 Å². The summed E-state index contributed by atoms with van der Waals surface area (Å²) in [5, 5.41) is 3.38. The summed E-state index contributed by atoms with van der Waals surface area (Å²) < 4.78 is 0. The molecule has 0 aromatic rings. The summed E-state index contributed by atoms with van der Waals surface area (Å²) in [4.78, 5) is 5.08. The van der Waals surface area contributed by atoms with E-state index in [0.29, 0.717) is 0 Å². The molecule has 84 valence electrons. The molecule has 3 heteroatoms. The molecule has 1 heterocycles. The van der Waals surface area contributed by atoms with Crippen molar-refractivity contribution in [3.05, 3.63) is 0 Å². The van der Waals surface area contributed by atoms with Crippen LogP contribution >= 0.6 is 0 Å². The first kappa shape index (κ1) is 12.0. The normalized spacial score (nSPS) is 20.6. The van der Waals surface area contributed by atoms with E-state index >= 15 is 0 Å². The van der Waals surface area contributed by atoms with Gasteiger partial charge in [0.25, 0.3) is 0 Å². The Hall–Kier alpha value is -0.120. The van der Waals surface area contributed by atoms with Crippen LogP contribution in [-0.2, 0) is 0 Å². The van der Waals surface area contributed by atoms with Gasteiger partial charge in [-0.2, -0.15) is 0 Å².